The van der Waals surface area contributed by atoms with Crippen molar-refractivity contribution in [2.45, 2.75) is 10.8 Å². The minimum Gasteiger partial charge on any atom is -0.337 e. The van der Waals surface area contributed by atoms with Gasteiger partial charge in [0, 0.05) is 29.9 Å². The van der Waals surface area contributed by atoms with Crippen LogP contribution in [0.15, 0.2) is 70.3 Å². The molecular weight excluding hydrogens is 404 g/mol. The molecule has 0 fully saturated rings. The number of hydrogen-bond acceptors (Lipinski definition) is 4. The summed E-state index contributed by atoms with van der Waals surface area (Å²) in [5.41, 5.74) is 1.85. The number of carbonyl (C=O) groups excluding carboxylic acids is 1. The van der Waals surface area contributed by atoms with Crippen LogP contribution in [0.2, 0.25) is 5.02 Å². The van der Waals surface area contributed by atoms with Gasteiger partial charge >= 0.3 is 0 Å². The van der Waals surface area contributed by atoms with E-state index < -0.39 is 10.0 Å². The van der Waals surface area contributed by atoms with Crippen LogP contribution < -0.4 is 4.72 Å². The Hall–Kier alpha value is -2.35. The Bertz CT molecular complexity index is 1020. The first-order valence-corrected chi connectivity index (χ1v) is 10.8. The van der Waals surface area contributed by atoms with E-state index in [0.717, 1.165) is 16.9 Å². The lowest BCUT2D eigenvalue weighted by molar-refractivity contribution is 0.0785. The van der Waals surface area contributed by atoms with Crippen molar-refractivity contribution in [2.75, 3.05) is 11.8 Å². The number of hydrogen-bond donors (Lipinski definition) is 1. The molecule has 0 aliphatic carbocycles. The van der Waals surface area contributed by atoms with Gasteiger partial charge in [-0.25, -0.2) is 8.42 Å². The van der Waals surface area contributed by atoms with Crippen molar-refractivity contribution in [1.82, 2.24) is 4.90 Å². The van der Waals surface area contributed by atoms with Crippen LogP contribution in [0.1, 0.15) is 15.9 Å². The van der Waals surface area contributed by atoms with Crippen molar-refractivity contribution in [3.05, 3.63) is 82.2 Å². The molecule has 0 aliphatic rings. The maximum atomic E-state index is 12.6. The van der Waals surface area contributed by atoms with Gasteiger partial charge in [-0.05, 0) is 53.4 Å². The quantitative estimate of drug-likeness (QED) is 0.639. The van der Waals surface area contributed by atoms with E-state index in [0.29, 0.717) is 22.8 Å². The number of thiophene rings is 1. The number of carbonyl (C=O) groups is 1. The number of nitrogens with one attached hydrogen (secondary N) is 1. The van der Waals surface area contributed by atoms with Crippen LogP contribution in [0.5, 0.6) is 0 Å². The third-order valence-corrected chi connectivity index (χ3v) is 6.85. The molecule has 0 unspecified atom stereocenters. The summed E-state index contributed by atoms with van der Waals surface area (Å²) < 4.78 is 27.2. The topological polar surface area (TPSA) is 66.5 Å². The number of rotatable bonds is 6. The molecule has 1 heterocycles. The zero-order valence-corrected chi connectivity index (χ0v) is 16.8. The zero-order valence-electron chi connectivity index (χ0n) is 14.4. The molecule has 27 heavy (non-hydrogen) atoms. The van der Waals surface area contributed by atoms with Crippen LogP contribution in [-0.2, 0) is 16.6 Å². The molecule has 1 amide bonds. The average molecular weight is 421 g/mol. The smallest absolute Gasteiger partial charge is 0.271 e. The molecule has 8 heteroatoms. The molecule has 5 nitrogen and oxygen atoms in total. The summed E-state index contributed by atoms with van der Waals surface area (Å²) in [5, 5.41) is 2.35. The standard InChI is InChI=1S/C19H17ClN2O3S2/c1-22(13-14-4-8-16(20)9-5-14)19(23)15-6-10-17(11-7-15)21-27(24,25)18-3-2-12-26-18/h2-12,21H,13H2,1H3. The second-order valence-electron chi connectivity index (χ2n) is 5.90. The first-order valence-electron chi connectivity index (χ1n) is 8.01. The molecule has 0 radical (unpaired) electrons. The van der Waals surface area contributed by atoms with Gasteiger partial charge in [-0.15, -0.1) is 11.3 Å². The van der Waals surface area contributed by atoms with Gasteiger partial charge in [0.2, 0.25) is 0 Å². The van der Waals surface area contributed by atoms with Crippen molar-refractivity contribution < 1.29 is 13.2 Å². The van der Waals surface area contributed by atoms with Gasteiger partial charge < -0.3 is 4.90 Å². The molecule has 0 atom stereocenters. The van der Waals surface area contributed by atoms with Crippen molar-refractivity contribution >= 4 is 44.6 Å². The summed E-state index contributed by atoms with van der Waals surface area (Å²) in [4.78, 5) is 14.2. The van der Waals surface area contributed by atoms with E-state index in [1.807, 2.05) is 12.1 Å². The maximum absolute atomic E-state index is 12.6. The third-order valence-electron chi connectivity index (χ3n) is 3.82. The second kappa shape index (κ2) is 8.12. The van der Waals surface area contributed by atoms with Crippen LogP contribution in [0.3, 0.4) is 0 Å². The first-order chi connectivity index (χ1) is 12.8. The summed E-state index contributed by atoms with van der Waals surface area (Å²) in [5.74, 6) is -0.155. The van der Waals surface area contributed by atoms with Gasteiger partial charge in [0.1, 0.15) is 4.21 Å². The van der Waals surface area contributed by atoms with Gasteiger partial charge in [-0.2, -0.15) is 0 Å². The predicted octanol–water partition coefficient (Wildman–Crippen LogP) is 4.47. The van der Waals surface area contributed by atoms with E-state index in [-0.39, 0.29) is 10.1 Å². The van der Waals surface area contributed by atoms with Gasteiger partial charge in [0.25, 0.3) is 15.9 Å². The summed E-state index contributed by atoms with van der Waals surface area (Å²) in [6, 6.07) is 16.9. The molecule has 1 aromatic heterocycles. The van der Waals surface area contributed by atoms with Crippen molar-refractivity contribution in [3.8, 4) is 0 Å². The van der Waals surface area contributed by atoms with E-state index in [1.165, 1.54) is 6.07 Å². The monoisotopic (exact) mass is 420 g/mol. The van der Waals surface area contributed by atoms with Gasteiger partial charge in [-0.3, -0.25) is 9.52 Å². The number of halogens is 1. The lowest BCUT2D eigenvalue weighted by atomic mass is 10.1. The highest BCUT2D eigenvalue weighted by Gasteiger charge is 2.16. The SMILES string of the molecule is CN(Cc1ccc(Cl)cc1)C(=O)c1ccc(NS(=O)(=O)c2cccs2)cc1. The second-order valence-corrected chi connectivity index (χ2v) is 9.20. The van der Waals surface area contributed by atoms with Crippen LogP contribution in [-0.4, -0.2) is 26.3 Å². The van der Waals surface area contributed by atoms with Gasteiger partial charge in [-0.1, -0.05) is 29.8 Å². The molecule has 3 rings (SSSR count). The fourth-order valence-corrected chi connectivity index (χ4v) is 4.64. The normalized spacial score (nSPS) is 11.2. The minimum absolute atomic E-state index is 0.155. The predicted molar refractivity (Wildman–Crippen MR) is 109 cm³/mol. The Balaban J connectivity index is 1.67. The van der Waals surface area contributed by atoms with Crippen molar-refractivity contribution in [3.63, 3.8) is 0 Å². The molecule has 3 aromatic rings. The molecule has 1 N–H and O–H groups in total. The molecular formula is C19H17ClN2O3S2. The lowest BCUT2D eigenvalue weighted by Gasteiger charge is -2.17. The van der Waals surface area contributed by atoms with Crippen molar-refractivity contribution in [1.29, 1.82) is 0 Å². The number of benzene rings is 2. The summed E-state index contributed by atoms with van der Waals surface area (Å²) >= 11 is 7.01. The highest BCUT2D eigenvalue weighted by molar-refractivity contribution is 7.94. The summed E-state index contributed by atoms with van der Waals surface area (Å²) in [6.45, 7) is 0.447. The summed E-state index contributed by atoms with van der Waals surface area (Å²) in [7, 11) is -1.89. The molecule has 2 aromatic carbocycles. The molecule has 0 saturated heterocycles. The van der Waals surface area contributed by atoms with Crippen LogP contribution >= 0.6 is 22.9 Å². The lowest BCUT2D eigenvalue weighted by Crippen LogP contribution is -2.26. The molecule has 0 spiro atoms. The number of amides is 1. The largest absolute Gasteiger partial charge is 0.337 e. The van der Waals surface area contributed by atoms with E-state index in [4.69, 9.17) is 11.6 Å². The van der Waals surface area contributed by atoms with Gasteiger partial charge in [0.05, 0.1) is 0 Å². The first kappa shape index (κ1) is 19.4. The number of anilines is 1. The molecule has 0 aliphatic heterocycles. The Morgan fingerprint density at radius 2 is 1.74 bits per heavy atom. The molecule has 140 valence electrons. The van der Waals surface area contributed by atoms with Crippen molar-refractivity contribution in [2.24, 2.45) is 0 Å². The maximum Gasteiger partial charge on any atom is 0.271 e. The van der Waals surface area contributed by atoms with Crippen LogP contribution in [0, 0.1) is 0 Å². The zero-order chi connectivity index (χ0) is 19.4. The van der Waals surface area contributed by atoms with E-state index in [1.54, 1.807) is 59.8 Å². The van der Waals surface area contributed by atoms with Crippen LogP contribution in [0.25, 0.3) is 0 Å². The van der Waals surface area contributed by atoms with Crippen LogP contribution in [0.4, 0.5) is 5.69 Å². The number of nitrogens with zero attached hydrogens (tertiary/aromatic N) is 1. The fourth-order valence-electron chi connectivity index (χ4n) is 2.46. The Kier molecular flexibility index (Phi) is 5.84. The Morgan fingerprint density at radius 3 is 2.33 bits per heavy atom. The fraction of sp³-hybridized carbons (Fsp3) is 0.105. The highest BCUT2D eigenvalue weighted by Crippen LogP contribution is 2.21. The minimum atomic E-state index is -3.60. The van der Waals surface area contributed by atoms with Gasteiger partial charge in [0.15, 0.2) is 0 Å². The van der Waals surface area contributed by atoms with E-state index in [2.05, 4.69) is 4.72 Å². The Morgan fingerprint density at radius 1 is 1.07 bits per heavy atom. The average Bonchev–Trinajstić information content (AvgIpc) is 3.19. The molecule has 0 bridgehead atoms. The number of sulfonamides is 1. The Labute approximate surface area is 167 Å². The molecule has 0 saturated carbocycles. The highest BCUT2D eigenvalue weighted by atomic mass is 35.5. The van der Waals surface area contributed by atoms with E-state index >= 15 is 0 Å². The summed E-state index contributed by atoms with van der Waals surface area (Å²) in [6.07, 6.45) is 0. The third kappa shape index (κ3) is 4.88. The van der Waals surface area contributed by atoms with E-state index in [9.17, 15) is 13.2 Å².